The van der Waals surface area contributed by atoms with Gasteiger partial charge in [-0.15, -0.1) is 0 Å². The quantitative estimate of drug-likeness (QED) is 0.301. The Labute approximate surface area is 202 Å². The molecule has 0 bridgehead atoms. The van der Waals surface area contributed by atoms with E-state index in [4.69, 9.17) is 10.7 Å². The minimum Gasteiger partial charge on any atom is -0.399 e. The Morgan fingerprint density at radius 3 is 2.45 bits per heavy atom. The van der Waals surface area contributed by atoms with E-state index >= 15 is 0 Å². The lowest BCUT2D eigenvalue weighted by Crippen LogP contribution is -2.21. The fourth-order valence-corrected chi connectivity index (χ4v) is 3.54. The molecule has 1 aliphatic rings. The Kier molecular flexibility index (Phi) is 12.6. The molecule has 0 unspecified atom stereocenters. The van der Waals surface area contributed by atoms with Crippen LogP contribution in [0.5, 0.6) is 0 Å². The molecule has 178 valence electrons. The van der Waals surface area contributed by atoms with Gasteiger partial charge in [0, 0.05) is 29.6 Å². The van der Waals surface area contributed by atoms with E-state index in [0.717, 1.165) is 71.5 Å². The SMILES string of the molecule is C=CC(/C(/C=C(\C(=C)N)C1=CN=C(C)C(NCCC)=C(C)C=C1)=C\CC)=C(C)\C=C/CCC. The summed E-state index contributed by atoms with van der Waals surface area (Å²) in [6.45, 7) is 21.8. The summed E-state index contributed by atoms with van der Waals surface area (Å²) in [5.74, 6) is 0. The molecule has 0 aromatic carbocycles. The third kappa shape index (κ3) is 8.76. The maximum Gasteiger partial charge on any atom is 0.0606 e. The van der Waals surface area contributed by atoms with Gasteiger partial charge in [-0.2, -0.15) is 0 Å². The third-order valence-corrected chi connectivity index (χ3v) is 5.36. The fraction of sp³-hybridized carbons (Fsp3) is 0.367. The number of nitrogens with zero attached hydrogens (tertiary/aromatic N) is 1. The highest BCUT2D eigenvalue weighted by Gasteiger charge is 2.12. The van der Waals surface area contributed by atoms with Crippen LogP contribution in [0.4, 0.5) is 0 Å². The molecule has 3 heteroatoms. The highest BCUT2D eigenvalue weighted by molar-refractivity contribution is 5.99. The van der Waals surface area contributed by atoms with E-state index in [1.54, 1.807) is 0 Å². The first-order chi connectivity index (χ1) is 15.8. The van der Waals surface area contributed by atoms with Crippen LogP contribution < -0.4 is 11.1 Å². The van der Waals surface area contributed by atoms with Gasteiger partial charge in [0.2, 0.25) is 0 Å². The van der Waals surface area contributed by atoms with Crippen LogP contribution in [0.1, 0.15) is 67.2 Å². The van der Waals surface area contributed by atoms with Crippen LogP contribution in [-0.4, -0.2) is 12.3 Å². The van der Waals surface area contributed by atoms with E-state index < -0.39 is 0 Å². The average Bonchev–Trinajstić information content (AvgIpc) is 2.77. The highest BCUT2D eigenvalue weighted by atomic mass is 14.9. The number of nitrogens with one attached hydrogen (secondary N) is 1. The molecule has 0 aromatic rings. The topological polar surface area (TPSA) is 50.4 Å². The molecular formula is C30H43N3. The number of allylic oxidation sites excluding steroid dienone is 13. The molecule has 1 heterocycles. The summed E-state index contributed by atoms with van der Waals surface area (Å²) in [7, 11) is 0. The number of rotatable bonds is 12. The van der Waals surface area contributed by atoms with Crippen molar-refractivity contribution in [2.24, 2.45) is 10.7 Å². The van der Waals surface area contributed by atoms with E-state index in [9.17, 15) is 0 Å². The monoisotopic (exact) mass is 445 g/mol. The molecule has 1 rings (SSSR count). The predicted molar refractivity (Wildman–Crippen MR) is 148 cm³/mol. The number of nitrogens with two attached hydrogens (primary N) is 1. The van der Waals surface area contributed by atoms with Crippen molar-refractivity contribution in [3.8, 4) is 0 Å². The normalized spacial score (nSPS) is 16.2. The molecule has 33 heavy (non-hydrogen) atoms. The molecule has 0 fully saturated rings. The van der Waals surface area contributed by atoms with Crippen LogP contribution >= 0.6 is 0 Å². The van der Waals surface area contributed by atoms with Gasteiger partial charge < -0.3 is 11.1 Å². The summed E-state index contributed by atoms with van der Waals surface area (Å²) in [5.41, 5.74) is 15.1. The molecule has 0 aromatic heterocycles. The molecule has 3 N–H and O–H groups in total. The van der Waals surface area contributed by atoms with Crippen molar-refractivity contribution >= 4 is 5.71 Å². The molecule has 0 spiro atoms. The third-order valence-electron chi connectivity index (χ3n) is 5.36. The lowest BCUT2D eigenvalue weighted by molar-refractivity contribution is 0.786. The molecule has 0 radical (unpaired) electrons. The minimum absolute atomic E-state index is 0.509. The van der Waals surface area contributed by atoms with E-state index in [2.05, 4.69) is 89.5 Å². The molecule has 0 saturated heterocycles. The second-order valence-electron chi connectivity index (χ2n) is 8.26. The number of aliphatic imine (C=N–C) groups is 1. The predicted octanol–water partition coefficient (Wildman–Crippen LogP) is 7.77. The molecule has 1 aliphatic heterocycles. The van der Waals surface area contributed by atoms with Gasteiger partial charge in [-0.1, -0.05) is 76.8 Å². The zero-order valence-corrected chi connectivity index (χ0v) is 21.6. The second kappa shape index (κ2) is 14.9. The number of unbranched alkanes of at least 4 members (excludes halogenated alkanes) is 1. The lowest BCUT2D eigenvalue weighted by atomic mass is 9.93. The zero-order chi connectivity index (χ0) is 24.8. The Hall–Kier alpha value is -3.07. The van der Waals surface area contributed by atoms with Gasteiger partial charge in [0.15, 0.2) is 0 Å². The number of hydrogen-bond acceptors (Lipinski definition) is 3. The molecular weight excluding hydrogens is 402 g/mol. The van der Waals surface area contributed by atoms with Gasteiger partial charge in [0.05, 0.1) is 11.4 Å². The fourth-order valence-electron chi connectivity index (χ4n) is 3.54. The summed E-state index contributed by atoms with van der Waals surface area (Å²) in [5, 5.41) is 3.49. The molecule has 3 nitrogen and oxygen atoms in total. The van der Waals surface area contributed by atoms with Crippen LogP contribution in [0.3, 0.4) is 0 Å². The Balaban J connectivity index is 3.54. The van der Waals surface area contributed by atoms with E-state index in [1.165, 1.54) is 5.57 Å². The molecule has 0 saturated carbocycles. The minimum atomic E-state index is 0.509. The number of hydrogen-bond donors (Lipinski definition) is 2. The smallest absolute Gasteiger partial charge is 0.0606 e. The van der Waals surface area contributed by atoms with Crippen molar-refractivity contribution < 1.29 is 0 Å². The first-order valence-corrected chi connectivity index (χ1v) is 12.0. The maximum absolute atomic E-state index is 6.29. The Bertz CT molecular complexity index is 957. The van der Waals surface area contributed by atoms with Crippen molar-refractivity contribution in [1.29, 1.82) is 0 Å². The van der Waals surface area contributed by atoms with Gasteiger partial charge in [0.25, 0.3) is 0 Å². The zero-order valence-electron chi connectivity index (χ0n) is 21.6. The van der Waals surface area contributed by atoms with Gasteiger partial charge in [-0.05, 0) is 68.4 Å². The van der Waals surface area contributed by atoms with Crippen LogP contribution in [0, 0.1) is 0 Å². The van der Waals surface area contributed by atoms with Gasteiger partial charge >= 0.3 is 0 Å². The van der Waals surface area contributed by atoms with Crippen LogP contribution in [-0.2, 0) is 0 Å². The van der Waals surface area contributed by atoms with Gasteiger partial charge in [-0.3, -0.25) is 4.99 Å². The van der Waals surface area contributed by atoms with E-state index in [0.29, 0.717) is 5.70 Å². The standard InChI is InChI=1S/C30H43N3/c1-9-13-14-16-22(5)28(12-4)26(15-10-2)20-29(24(7)31)27-18-17-23(6)30(32-19-11-3)25(8)33-21-27/h12,14-18,20-21,32H,4,7,9-11,13,19,31H2,1-3,5-6,8H3/b16-14-,18-17?,23-17?,26-15-,27-18?,27-21?,28-22+,29-20+,30-23?,30-25?,33-21?,33-25?. The highest BCUT2D eigenvalue weighted by Crippen LogP contribution is 2.27. The summed E-state index contributed by atoms with van der Waals surface area (Å²) < 4.78 is 0. The van der Waals surface area contributed by atoms with Crippen molar-refractivity contribution in [2.75, 3.05) is 6.54 Å². The van der Waals surface area contributed by atoms with Crippen LogP contribution in [0.15, 0.2) is 112 Å². The molecule has 0 atom stereocenters. The van der Waals surface area contributed by atoms with Crippen LogP contribution in [0.2, 0.25) is 0 Å². The van der Waals surface area contributed by atoms with E-state index in [-0.39, 0.29) is 0 Å². The van der Waals surface area contributed by atoms with Crippen LogP contribution in [0.25, 0.3) is 0 Å². The molecule has 0 amide bonds. The average molecular weight is 446 g/mol. The largest absolute Gasteiger partial charge is 0.399 e. The van der Waals surface area contributed by atoms with Crippen molar-refractivity contribution in [1.82, 2.24) is 5.32 Å². The van der Waals surface area contributed by atoms with E-state index in [1.807, 2.05) is 19.2 Å². The van der Waals surface area contributed by atoms with Crippen molar-refractivity contribution in [3.05, 3.63) is 107 Å². The summed E-state index contributed by atoms with van der Waals surface area (Å²) in [6, 6.07) is 0. The Morgan fingerprint density at radius 1 is 1.15 bits per heavy atom. The lowest BCUT2D eigenvalue weighted by Gasteiger charge is -2.16. The second-order valence-corrected chi connectivity index (χ2v) is 8.26. The molecule has 0 aliphatic carbocycles. The summed E-state index contributed by atoms with van der Waals surface area (Å²) in [4.78, 5) is 4.74. The first kappa shape index (κ1) is 28.0. The summed E-state index contributed by atoms with van der Waals surface area (Å²) in [6.07, 6.45) is 20.8. The first-order valence-electron chi connectivity index (χ1n) is 12.0. The summed E-state index contributed by atoms with van der Waals surface area (Å²) >= 11 is 0. The van der Waals surface area contributed by atoms with Crippen molar-refractivity contribution in [2.45, 2.75) is 67.2 Å². The maximum atomic E-state index is 6.29. The van der Waals surface area contributed by atoms with Gasteiger partial charge in [-0.25, -0.2) is 0 Å². The van der Waals surface area contributed by atoms with Crippen molar-refractivity contribution in [3.63, 3.8) is 0 Å². The Morgan fingerprint density at radius 2 is 1.88 bits per heavy atom. The van der Waals surface area contributed by atoms with Gasteiger partial charge in [0.1, 0.15) is 0 Å².